The predicted molar refractivity (Wildman–Crippen MR) is 110 cm³/mol. The van der Waals surface area contributed by atoms with E-state index in [1.807, 2.05) is 6.07 Å². The second kappa shape index (κ2) is 7.03. The van der Waals surface area contributed by atoms with Crippen molar-refractivity contribution in [3.05, 3.63) is 58.6 Å². The van der Waals surface area contributed by atoms with Crippen LogP contribution in [0.15, 0.2) is 42.5 Å². The highest BCUT2D eigenvalue weighted by Gasteiger charge is 2.64. The second-order valence-electron chi connectivity index (χ2n) is 8.42. The summed E-state index contributed by atoms with van der Waals surface area (Å²) in [5.74, 6) is 0.476. The van der Waals surface area contributed by atoms with Gasteiger partial charge in [-0.2, -0.15) is 5.26 Å². The van der Waals surface area contributed by atoms with Crippen LogP contribution in [0.25, 0.3) is 0 Å². The molecule has 5 nitrogen and oxygen atoms in total. The first-order chi connectivity index (χ1) is 13.1. The molecule has 0 saturated heterocycles. The van der Waals surface area contributed by atoms with Gasteiger partial charge in [-0.3, -0.25) is 4.79 Å². The lowest BCUT2D eigenvalue weighted by molar-refractivity contribution is -0.164. The molecule has 0 aliphatic heterocycles. The van der Waals surface area contributed by atoms with Crippen LogP contribution in [0, 0.1) is 22.2 Å². The molecule has 2 aromatic carbocycles. The number of nitrogens with two attached hydrogens (primary N) is 1. The summed E-state index contributed by atoms with van der Waals surface area (Å²) >= 11 is 6.12. The van der Waals surface area contributed by atoms with E-state index in [-0.39, 0.29) is 28.9 Å². The van der Waals surface area contributed by atoms with Gasteiger partial charge in [-0.05, 0) is 36.4 Å². The number of ether oxygens (including phenoxy) is 1. The fraction of sp³-hybridized carbons (Fsp3) is 0.364. The molecular weight excluding hydrogens is 374 g/mol. The van der Waals surface area contributed by atoms with E-state index in [0.717, 1.165) is 0 Å². The molecule has 0 radical (unpaired) electrons. The largest absolute Gasteiger partial charge is 0.489 e. The van der Waals surface area contributed by atoms with Gasteiger partial charge >= 0.3 is 0 Å². The summed E-state index contributed by atoms with van der Waals surface area (Å²) in [7, 11) is 0. The highest BCUT2D eigenvalue weighted by Crippen LogP contribution is 2.55. The molecule has 0 aromatic heterocycles. The molecule has 0 atom stereocenters. The van der Waals surface area contributed by atoms with Crippen molar-refractivity contribution in [2.75, 3.05) is 5.73 Å². The molecular formula is C22H24ClN3O2. The maximum atomic E-state index is 12.7. The Morgan fingerprint density at radius 1 is 1.14 bits per heavy atom. The van der Waals surface area contributed by atoms with Crippen LogP contribution >= 0.6 is 11.6 Å². The highest BCUT2D eigenvalue weighted by atomic mass is 35.5. The average Bonchev–Trinajstić information content (AvgIpc) is 2.64. The molecule has 1 aliphatic rings. The van der Waals surface area contributed by atoms with Crippen molar-refractivity contribution >= 4 is 23.2 Å². The lowest BCUT2D eigenvalue weighted by atomic mass is 9.49. The van der Waals surface area contributed by atoms with Gasteiger partial charge in [0.25, 0.3) is 5.91 Å². The zero-order valence-corrected chi connectivity index (χ0v) is 17.2. The number of amides is 1. The van der Waals surface area contributed by atoms with Crippen LogP contribution in [-0.2, 0) is 0 Å². The lowest BCUT2D eigenvalue weighted by Crippen LogP contribution is -2.74. The molecule has 0 bridgehead atoms. The first-order valence-electron chi connectivity index (χ1n) is 9.10. The summed E-state index contributed by atoms with van der Waals surface area (Å²) in [6, 6.07) is 13.9. The van der Waals surface area contributed by atoms with Gasteiger partial charge in [0, 0.05) is 34.2 Å². The third kappa shape index (κ3) is 3.41. The fourth-order valence-electron chi connectivity index (χ4n) is 4.44. The summed E-state index contributed by atoms with van der Waals surface area (Å²) in [6.07, 6.45) is -0.138. The molecule has 1 saturated carbocycles. The number of hydrogen-bond donors (Lipinski definition) is 2. The van der Waals surface area contributed by atoms with Crippen LogP contribution in [-0.4, -0.2) is 18.1 Å². The third-order valence-electron chi connectivity index (χ3n) is 5.60. The Morgan fingerprint density at radius 3 is 2.29 bits per heavy atom. The van der Waals surface area contributed by atoms with Crippen LogP contribution in [0.4, 0.5) is 5.69 Å². The number of benzene rings is 2. The van der Waals surface area contributed by atoms with E-state index in [0.29, 0.717) is 27.6 Å². The van der Waals surface area contributed by atoms with Crippen molar-refractivity contribution in [1.82, 2.24) is 5.32 Å². The maximum Gasteiger partial charge on any atom is 0.251 e. The zero-order valence-electron chi connectivity index (χ0n) is 16.4. The standard InChI is InChI=1S/C22H24ClN3O2/c1-21(2)19(26-18(27)13-5-8-15(25)9-6-13)22(3,4)20(21)28-16-10-7-14(12-24)17(23)11-16/h5-11,19-20H,25H2,1-4H3,(H,26,27). The Hall–Kier alpha value is -2.71. The molecule has 3 rings (SSSR count). The lowest BCUT2D eigenvalue weighted by Gasteiger charge is -2.63. The molecule has 0 unspecified atom stereocenters. The first-order valence-corrected chi connectivity index (χ1v) is 9.48. The third-order valence-corrected chi connectivity index (χ3v) is 5.92. The van der Waals surface area contributed by atoms with Crippen molar-refractivity contribution in [2.24, 2.45) is 10.8 Å². The van der Waals surface area contributed by atoms with Crippen molar-refractivity contribution in [2.45, 2.75) is 39.8 Å². The maximum absolute atomic E-state index is 12.7. The van der Waals surface area contributed by atoms with Crippen LogP contribution in [0.1, 0.15) is 43.6 Å². The number of anilines is 1. The first kappa shape index (κ1) is 20.0. The Kier molecular flexibility index (Phi) is 5.03. The summed E-state index contributed by atoms with van der Waals surface area (Å²) < 4.78 is 6.23. The van der Waals surface area contributed by atoms with Gasteiger partial charge in [0.2, 0.25) is 0 Å². The minimum atomic E-state index is -0.298. The summed E-state index contributed by atoms with van der Waals surface area (Å²) in [5.41, 5.74) is 6.71. The van der Waals surface area contributed by atoms with Crippen molar-refractivity contribution in [1.29, 1.82) is 5.26 Å². The van der Waals surface area contributed by atoms with E-state index in [4.69, 9.17) is 27.3 Å². The summed E-state index contributed by atoms with van der Waals surface area (Å²) in [4.78, 5) is 12.7. The van der Waals surface area contributed by atoms with Gasteiger partial charge in [-0.15, -0.1) is 0 Å². The van der Waals surface area contributed by atoms with Crippen molar-refractivity contribution in [3.63, 3.8) is 0 Å². The monoisotopic (exact) mass is 397 g/mol. The Bertz CT molecular complexity index is 929. The molecule has 1 fully saturated rings. The second-order valence-corrected chi connectivity index (χ2v) is 8.83. The van der Waals surface area contributed by atoms with E-state index in [2.05, 4.69) is 33.0 Å². The SMILES string of the molecule is CC1(C)C(NC(=O)c2ccc(N)cc2)C(C)(C)C1Oc1ccc(C#N)c(Cl)c1. The fourth-order valence-corrected chi connectivity index (χ4v) is 4.66. The number of nitriles is 1. The number of hydrogen-bond acceptors (Lipinski definition) is 4. The Balaban J connectivity index is 1.76. The molecule has 0 spiro atoms. The zero-order chi connectivity index (χ0) is 20.7. The molecule has 1 aliphatic carbocycles. The van der Waals surface area contributed by atoms with Crippen LogP contribution in [0.3, 0.4) is 0 Å². The number of halogens is 1. The van der Waals surface area contributed by atoms with E-state index in [9.17, 15) is 4.79 Å². The van der Waals surface area contributed by atoms with Crippen molar-refractivity contribution in [3.8, 4) is 11.8 Å². The van der Waals surface area contributed by atoms with E-state index < -0.39 is 0 Å². The normalized spacial score (nSPS) is 21.9. The number of rotatable bonds is 4. The Labute approximate surface area is 170 Å². The number of carbonyl (C=O) groups excluding carboxylic acids is 1. The minimum absolute atomic E-state index is 0.0797. The van der Waals surface area contributed by atoms with E-state index in [1.54, 1.807) is 42.5 Å². The molecule has 3 N–H and O–H groups in total. The van der Waals surface area contributed by atoms with Crippen LogP contribution in [0.2, 0.25) is 5.02 Å². The molecule has 6 heteroatoms. The van der Waals surface area contributed by atoms with Gasteiger partial charge in [0.15, 0.2) is 0 Å². The number of nitrogens with zero attached hydrogens (tertiary/aromatic N) is 1. The van der Waals surface area contributed by atoms with Gasteiger partial charge in [-0.25, -0.2) is 0 Å². The van der Waals surface area contributed by atoms with Gasteiger partial charge in [-0.1, -0.05) is 39.3 Å². The van der Waals surface area contributed by atoms with Crippen LogP contribution in [0.5, 0.6) is 5.75 Å². The van der Waals surface area contributed by atoms with E-state index in [1.165, 1.54) is 0 Å². The predicted octanol–water partition coefficient (Wildman–Crippen LogP) is 4.41. The highest BCUT2D eigenvalue weighted by molar-refractivity contribution is 6.31. The Morgan fingerprint density at radius 2 is 1.75 bits per heavy atom. The summed E-state index contributed by atoms with van der Waals surface area (Å²) in [5, 5.41) is 12.5. The van der Waals surface area contributed by atoms with Gasteiger partial charge < -0.3 is 15.8 Å². The summed E-state index contributed by atoms with van der Waals surface area (Å²) in [6.45, 7) is 8.29. The van der Waals surface area contributed by atoms with Gasteiger partial charge in [0.1, 0.15) is 17.9 Å². The van der Waals surface area contributed by atoms with Crippen LogP contribution < -0.4 is 15.8 Å². The molecule has 146 valence electrons. The molecule has 1 amide bonds. The minimum Gasteiger partial charge on any atom is -0.489 e. The topological polar surface area (TPSA) is 88.1 Å². The number of nitrogen functional groups attached to an aromatic ring is 1. The molecule has 28 heavy (non-hydrogen) atoms. The average molecular weight is 398 g/mol. The number of nitrogens with one attached hydrogen (secondary N) is 1. The smallest absolute Gasteiger partial charge is 0.251 e. The molecule has 0 heterocycles. The molecule has 2 aromatic rings. The van der Waals surface area contributed by atoms with Crippen molar-refractivity contribution < 1.29 is 9.53 Å². The van der Waals surface area contributed by atoms with E-state index >= 15 is 0 Å². The quantitative estimate of drug-likeness (QED) is 0.748. The number of carbonyl (C=O) groups is 1. The van der Waals surface area contributed by atoms with Gasteiger partial charge in [0.05, 0.1) is 10.6 Å².